The zero-order chi connectivity index (χ0) is 22.6. The molecular formula is C26H38N2O3. The van der Waals surface area contributed by atoms with E-state index in [2.05, 4.69) is 56.2 Å². The fourth-order valence-corrected chi connectivity index (χ4v) is 4.05. The van der Waals surface area contributed by atoms with Gasteiger partial charge in [0.25, 0.3) is 0 Å². The summed E-state index contributed by atoms with van der Waals surface area (Å²) in [6.07, 6.45) is 0.909. The SMILES string of the molecule is CN(Cc1ccccc1)[C@H]1Cc2c(cccc2OCC(C)(O)CNC(C)(C)C)C[C@@H]1O. The lowest BCUT2D eigenvalue weighted by Crippen LogP contribution is -2.49. The monoisotopic (exact) mass is 426 g/mol. The van der Waals surface area contributed by atoms with Crippen LogP contribution in [-0.4, -0.2) is 58.6 Å². The van der Waals surface area contributed by atoms with E-state index >= 15 is 0 Å². The van der Waals surface area contributed by atoms with Crippen molar-refractivity contribution in [1.82, 2.24) is 10.2 Å². The Labute approximate surface area is 187 Å². The molecule has 3 atom stereocenters. The van der Waals surface area contributed by atoms with E-state index in [1.165, 1.54) is 5.56 Å². The standard InChI is InChI=1S/C26H38N2O3/c1-25(2,3)27-17-26(4,30)18-31-24-13-9-12-20-14-23(29)22(15-21(20)24)28(5)16-19-10-7-6-8-11-19/h6-13,22-23,27,29-30H,14-18H2,1-5H3/t22-,23-,26?/m0/s1. The Morgan fingerprint density at radius 3 is 2.42 bits per heavy atom. The first-order chi connectivity index (χ1) is 14.5. The topological polar surface area (TPSA) is 65.0 Å². The molecule has 1 aliphatic carbocycles. The van der Waals surface area contributed by atoms with Crippen LogP contribution in [0.15, 0.2) is 48.5 Å². The molecule has 0 aliphatic heterocycles. The maximum Gasteiger partial charge on any atom is 0.122 e. The molecule has 0 radical (unpaired) electrons. The van der Waals surface area contributed by atoms with Gasteiger partial charge in [-0.05, 0) is 63.9 Å². The summed E-state index contributed by atoms with van der Waals surface area (Å²) in [6.45, 7) is 9.47. The average molecular weight is 427 g/mol. The van der Waals surface area contributed by atoms with Gasteiger partial charge in [0.2, 0.25) is 0 Å². The minimum atomic E-state index is -0.978. The van der Waals surface area contributed by atoms with Gasteiger partial charge in [-0.1, -0.05) is 42.5 Å². The number of hydrogen-bond acceptors (Lipinski definition) is 5. The Hall–Kier alpha value is -1.92. The molecule has 5 heteroatoms. The minimum Gasteiger partial charge on any atom is -0.490 e. The maximum absolute atomic E-state index is 10.8. The third-order valence-electron chi connectivity index (χ3n) is 5.90. The molecule has 3 rings (SSSR count). The quantitative estimate of drug-likeness (QED) is 0.605. The first-order valence-electron chi connectivity index (χ1n) is 11.2. The van der Waals surface area contributed by atoms with Gasteiger partial charge in [-0.15, -0.1) is 0 Å². The number of aliphatic hydroxyl groups is 2. The fraction of sp³-hybridized carbons (Fsp3) is 0.538. The van der Waals surface area contributed by atoms with E-state index < -0.39 is 11.7 Å². The van der Waals surface area contributed by atoms with Gasteiger partial charge in [0.15, 0.2) is 0 Å². The van der Waals surface area contributed by atoms with Crippen LogP contribution in [0.4, 0.5) is 0 Å². The summed E-state index contributed by atoms with van der Waals surface area (Å²) in [6, 6.07) is 16.4. The van der Waals surface area contributed by atoms with Gasteiger partial charge in [0.05, 0.1) is 6.10 Å². The van der Waals surface area contributed by atoms with Crippen LogP contribution in [0.5, 0.6) is 5.75 Å². The number of benzene rings is 2. The number of ether oxygens (including phenoxy) is 1. The normalized spacial score (nSPS) is 20.9. The zero-order valence-electron chi connectivity index (χ0n) is 19.6. The van der Waals surface area contributed by atoms with Crippen LogP contribution in [0.2, 0.25) is 0 Å². The molecule has 0 bridgehead atoms. The van der Waals surface area contributed by atoms with Crippen molar-refractivity contribution in [2.24, 2.45) is 0 Å². The largest absolute Gasteiger partial charge is 0.490 e. The summed E-state index contributed by atoms with van der Waals surface area (Å²) in [7, 11) is 2.07. The molecular weight excluding hydrogens is 388 g/mol. The highest BCUT2D eigenvalue weighted by Gasteiger charge is 2.32. The summed E-state index contributed by atoms with van der Waals surface area (Å²) >= 11 is 0. The molecule has 31 heavy (non-hydrogen) atoms. The number of aliphatic hydroxyl groups excluding tert-OH is 1. The van der Waals surface area contributed by atoms with Gasteiger partial charge in [-0.2, -0.15) is 0 Å². The first-order valence-corrected chi connectivity index (χ1v) is 11.2. The number of nitrogens with zero attached hydrogens (tertiary/aromatic N) is 1. The molecule has 0 aromatic heterocycles. The van der Waals surface area contributed by atoms with E-state index in [-0.39, 0.29) is 18.2 Å². The zero-order valence-corrected chi connectivity index (χ0v) is 19.6. The lowest BCUT2D eigenvalue weighted by molar-refractivity contribution is 0.00657. The summed E-state index contributed by atoms with van der Waals surface area (Å²) in [5.74, 6) is 0.804. The van der Waals surface area contributed by atoms with Crippen molar-refractivity contribution in [2.75, 3.05) is 20.2 Å². The third kappa shape index (κ3) is 6.78. The molecule has 5 nitrogen and oxygen atoms in total. The van der Waals surface area contributed by atoms with E-state index in [1.54, 1.807) is 6.92 Å². The van der Waals surface area contributed by atoms with Crippen LogP contribution in [0.3, 0.4) is 0 Å². The summed E-state index contributed by atoms with van der Waals surface area (Å²) in [5.41, 5.74) is 2.45. The molecule has 0 spiro atoms. The highest BCUT2D eigenvalue weighted by atomic mass is 16.5. The predicted molar refractivity (Wildman–Crippen MR) is 125 cm³/mol. The minimum absolute atomic E-state index is 0.0144. The van der Waals surface area contributed by atoms with Crippen molar-refractivity contribution < 1.29 is 14.9 Å². The highest BCUT2D eigenvalue weighted by Crippen LogP contribution is 2.32. The van der Waals surface area contributed by atoms with E-state index in [0.717, 1.165) is 29.8 Å². The van der Waals surface area contributed by atoms with Gasteiger partial charge in [-0.3, -0.25) is 4.90 Å². The number of likely N-dealkylation sites (N-methyl/N-ethyl adjacent to an activating group) is 1. The van der Waals surface area contributed by atoms with Gasteiger partial charge in [0, 0.05) is 31.1 Å². The molecule has 0 heterocycles. The Kier molecular flexibility index (Phi) is 7.43. The van der Waals surface area contributed by atoms with Crippen molar-refractivity contribution in [3.63, 3.8) is 0 Å². The lowest BCUT2D eigenvalue weighted by atomic mass is 9.84. The first kappa shape index (κ1) is 23.7. The number of fused-ring (bicyclic) bond motifs is 1. The smallest absolute Gasteiger partial charge is 0.122 e. The van der Waals surface area contributed by atoms with Crippen LogP contribution < -0.4 is 10.1 Å². The number of β-amino-alcohol motifs (C(OH)–C–C–N with tert-alkyl or cyclic N) is 1. The Morgan fingerprint density at radius 1 is 1.03 bits per heavy atom. The summed E-state index contributed by atoms with van der Waals surface area (Å²) in [5, 5.41) is 24.9. The van der Waals surface area contributed by atoms with Crippen LogP contribution >= 0.6 is 0 Å². The average Bonchev–Trinajstić information content (AvgIpc) is 2.70. The molecule has 1 unspecified atom stereocenters. The van der Waals surface area contributed by atoms with Crippen LogP contribution in [0.25, 0.3) is 0 Å². The molecule has 0 saturated carbocycles. The Bertz CT molecular complexity index is 845. The van der Waals surface area contributed by atoms with Gasteiger partial charge >= 0.3 is 0 Å². The van der Waals surface area contributed by atoms with Crippen molar-refractivity contribution in [2.45, 2.75) is 70.4 Å². The van der Waals surface area contributed by atoms with E-state index in [4.69, 9.17) is 4.74 Å². The van der Waals surface area contributed by atoms with Crippen molar-refractivity contribution in [3.05, 3.63) is 65.2 Å². The Balaban J connectivity index is 1.69. The molecule has 0 amide bonds. The van der Waals surface area contributed by atoms with Gasteiger partial charge in [0.1, 0.15) is 18.0 Å². The van der Waals surface area contributed by atoms with Crippen molar-refractivity contribution in [1.29, 1.82) is 0 Å². The van der Waals surface area contributed by atoms with Crippen LogP contribution in [-0.2, 0) is 19.4 Å². The third-order valence-corrected chi connectivity index (χ3v) is 5.90. The van der Waals surface area contributed by atoms with E-state index in [9.17, 15) is 10.2 Å². The lowest BCUT2D eigenvalue weighted by Gasteiger charge is -2.37. The summed E-state index contributed by atoms with van der Waals surface area (Å²) < 4.78 is 6.13. The van der Waals surface area contributed by atoms with Crippen molar-refractivity contribution >= 4 is 0 Å². The van der Waals surface area contributed by atoms with Crippen LogP contribution in [0, 0.1) is 0 Å². The predicted octanol–water partition coefficient (Wildman–Crippen LogP) is 3.16. The molecule has 0 fully saturated rings. The second-order valence-corrected chi connectivity index (χ2v) is 10.2. The second kappa shape index (κ2) is 9.70. The number of hydrogen-bond donors (Lipinski definition) is 3. The van der Waals surface area contributed by atoms with Crippen molar-refractivity contribution in [3.8, 4) is 5.75 Å². The molecule has 0 saturated heterocycles. The molecule has 2 aromatic carbocycles. The van der Waals surface area contributed by atoms with Crippen LogP contribution in [0.1, 0.15) is 44.4 Å². The van der Waals surface area contributed by atoms with E-state index in [1.807, 2.05) is 30.3 Å². The van der Waals surface area contributed by atoms with Gasteiger partial charge < -0.3 is 20.3 Å². The molecule has 170 valence electrons. The second-order valence-electron chi connectivity index (χ2n) is 10.2. The molecule has 2 aromatic rings. The fourth-order valence-electron chi connectivity index (χ4n) is 4.05. The number of nitrogens with one attached hydrogen (secondary N) is 1. The molecule has 1 aliphatic rings. The Morgan fingerprint density at radius 2 is 1.74 bits per heavy atom. The number of rotatable bonds is 8. The van der Waals surface area contributed by atoms with E-state index in [0.29, 0.717) is 13.0 Å². The van der Waals surface area contributed by atoms with Gasteiger partial charge in [-0.25, -0.2) is 0 Å². The highest BCUT2D eigenvalue weighted by molar-refractivity contribution is 5.43. The molecule has 3 N–H and O–H groups in total. The maximum atomic E-state index is 10.8. The summed E-state index contributed by atoms with van der Waals surface area (Å²) in [4.78, 5) is 2.23.